The summed E-state index contributed by atoms with van der Waals surface area (Å²) in [6, 6.07) is 85.6. The molecule has 127 heavy (non-hydrogen) atoms. The quantitative estimate of drug-likeness (QED) is 0.0259. The Balaban J connectivity index is 0.000000209. The topological polar surface area (TPSA) is 223 Å². The molecular weight excluding hydrogens is 1810 g/mol. The summed E-state index contributed by atoms with van der Waals surface area (Å²) in [6.07, 6.45) is 6.28. The SMILES string of the molecule is CCCCCOc1ccc(C(=O)CCC(=O)c2ccccc2Cl)cc1.CCCOc1ccc(C(=O)CCC(=O)c2ccccc2Cl)cc1.Cc1ccc(C(=O)CCC(=O)c2ccccc2Cl)cc1.O=C(CCC(=O)c1ccccc1Cl)c1cccc(Br)c1.O=C(CCC(=O)c1ccccc1Cl)c1cccc(Cl)c1.O=C(CCC(=O)c1ccccc1Cl)c1ccccc1. The monoisotopic (exact) mass is 1900 g/mol. The van der Waals surface area contributed by atoms with Gasteiger partial charge in [-0.1, -0.05) is 281 Å². The molecule has 0 fully saturated rings. The lowest BCUT2D eigenvalue weighted by Crippen LogP contribution is -2.06. The number of hydrogen-bond acceptors (Lipinski definition) is 14. The first kappa shape index (κ1) is 103. The van der Waals surface area contributed by atoms with Crippen LogP contribution in [0.25, 0.3) is 0 Å². The number of aryl methyl sites for hydroxylation is 1. The Morgan fingerprint density at radius 3 is 0.764 bits per heavy atom. The van der Waals surface area contributed by atoms with Crippen molar-refractivity contribution in [2.45, 2.75) is 124 Å². The molecule has 12 rings (SSSR count). The van der Waals surface area contributed by atoms with Crippen LogP contribution >= 0.6 is 97.1 Å². The smallest absolute Gasteiger partial charge is 0.164 e. The lowest BCUT2D eigenvalue weighted by molar-refractivity contribution is 0.0917. The maximum absolute atomic E-state index is 12.2. The predicted octanol–water partition coefficient (Wildman–Crippen LogP) is 29.2. The van der Waals surface area contributed by atoms with Crippen LogP contribution in [0.4, 0.5) is 0 Å². The highest BCUT2D eigenvalue weighted by atomic mass is 79.9. The Kier molecular flexibility index (Phi) is 45.4. The van der Waals surface area contributed by atoms with Gasteiger partial charge in [-0.3, -0.25) is 57.5 Å². The molecule has 0 N–H and O–H groups in total. The van der Waals surface area contributed by atoms with Gasteiger partial charge >= 0.3 is 0 Å². The van der Waals surface area contributed by atoms with Crippen molar-refractivity contribution in [3.8, 4) is 11.5 Å². The van der Waals surface area contributed by atoms with Crippen molar-refractivity contribution in [1.29, 1.82) is 0 Å². The minimum absolute atomic E-state index is 0.0228. The van der Waals surface area contributed by atoms with Crippen molar-refractivity contribution in [1.82, 2.24) is 0 Å². The van der Waals surface area contributed by atoms with E-state index in [2.05, 4.69) is 22.9 Å². The van der Waals surface area contributed by atoms with E-state index >= 15 is 0 Å². The van der Waals surface area contributed by atoms with Gasteiger partial charge < -0.3 is 9.47 Å². The average Bonchev–Trinajstić information content (AvgIpc) is 0.874. The number of halogens is 8. The summed E-state index contributed by atoms with van der Waals surface area (Å²) in [5.74, 6) is 0.504. The standard InChI is InChI=1S/C21H23ClO3.C19H19ClO3.C17H15ClO2.C16H12BrClO2.C16H12Cl2O2.C16H13ClO2/c1-2-3-6-15-25-17-11-9-16(10-12-17)20(23)13-14-21(24)18-7-4-5-8-19(18)22;1-2-13-23-15-9-7-14(8-10-15)18(21)11-12-19(22)16-5-3-4-6-17(16)20;1-12-6-8-13(9-7-12)16(19)10-11-17(20)14-4-2-3-5-15(14)18;2*17-12-5-3-4-11(10-12)15(19)8-9-16(20)13-6-1-2-7-14(13)18;17-14-9-5-4-8-13(14)16(19)11-10-15(18)12-6-2-1-3-7-12/h4-5,7-12H,2-3,6,13-15H2,1H3;3-10H,2,11-13H2,1H3;2-9H,10-11H2,1H3;2*1-7,10H,8-9H2;1-9H,10-11H2. The van der Waals surface area contributed by atoms with Crippen molar-refractivity contribution >= 4 is 167 Å². The van der Waals surface area contributed by atoms with Gasteiger partial charge in [0.25, 0.3) is 0 Å². The van der Waals surface area contributed by atoms with Gasteiger partial charge in [0.1, 0.15) is 11.5 Å². The molecule has 0 atom stereocenters. The van der Waals surface area contributed by atoms with Gasteiger partial charge in [0.2, 0.25) is 0 Å². The molecule has 0 spiro atoms. The number of ether oxygens (including phenoxy) is 2. The largest absolute Gasteiger partial charge is 0.494 e. The number of hydrogen-bond donors (Lipinski definition) is 0. The Morgan fingerprint density at radius 2 is 0.480 bits per heavy atom. The Morgan fingerprint density at radius 1 is 0.236 bits per heavy atom. The zero-order chi connectivity index (χ0) is 92.0. The van der Waals surface area contributed by atoms with Crippen molar-refractivity contribution in [2.75, 3.05) is 13.2 Å². The van der Waals surface area contributed by atoms with E-state index in [0.29, 0.717) is 115 Å². The number of Topliss-reactive ketones (excluding diaryl/α,β-unsaturated/α-hetero) is 12. The zero-order valence-electron chi connectivity index (χ0n) is 70.3. The van der Waals surface area contributed by atoms with Crippen molar-refractivity contribution in [3.63, 3.8) is 0 Å². The van der Waals surface area contributed by atoms with Gasteiger partial charge in [0.15, 0.2) is 69.4 Å². The van der Waals surface area contributed by atoms with Crippen LogP contribution in [0.1, 0.15) is 246 Å². The van der Waals surface area contributed by atoms with Crippen molar-refractivity contribution in [2.24, 2.45) is 0 Å². The summed E-state index contributed by atoms with van der Waals surface area (Å²) >= 11 is 45.0. The fraction of sp³-hybridized carbons (Fsp3) is 0.200. The number of unbranched alkanes of at least 4 members (excludes halogenated alkanes) is 2. The molecule has 0 heterocycles. The van der Waals surface area contributed by atoms with Crippen LogP contribution in [0.2, 0.25) is 35.2 Å². The summed E-state index contributed by atoms with van der Waals surface area (Å²) in [4.78, 5) is 145. The maximum Gasteiger partial charge on any atom is 0.164 e. The highest BCUT2D eigenvalue weighted by molar-refractivity contribution is 9.10. The number of rotatable bonds is 38. The van der Waals surface area contributed by atoms with Gasteiger partial charge in [-0.05, 0) is 165 Å². The fourth-order valence-electron chi connectivity index (χ4n) is 12.1. The first-order valence-corrected chi connectivity index (χ1v) is 44.5. The molecule has 0 aliphatic heterocycles. The zero-order valence-corrected chi connectivity index (χ0v) is 77.1. The Hall–Kier alpha value is -11.2. The third-order valence-electron chi connectivity index (χ3n) is 19.1. The number of ketones is 12. The first-order valence-electron chi connectivity index (χ1n) is 41.1. The summed E-state index contributed by atoms with van der Waals surface area (Å²) in [5.41, 5.74) is 7.48. The molecule has 0 aromatic heterocycles. The van der Waals surface area contributed by atoms with Crippen LogP contribution < -0.4 is 9.47 Å². The van der Waals surface area contributed by atoms with Crippen LogP contribution in [0.5, 0.6) is 11.5 Å². The molecule has 14 nitrogen and oxygen atoms in total. The van der Waals surface area contributed by atoms with Gasteiger partial charge in [0.05, 0.1) is 43.3 Å². The van der Waals surface area contributed by atoms with Crippen LogP contribution in [0.3, 0.4) is 0 Å². The third-order valence-corrected chi connectivity index (χ3v) is 21.8. The normalized spacial score (nSPS) is 10.3. The van der Waals surface area contributed by atoms with E-state index in [1.54, 1.807) is 261 Å². The average molecular weight is 1910 g/mol. The van der Waals surface area contributed by atoms with Crippen LogP contribution in [-0.2, 0) is 0 Å². The van der Waals surface area contributed by atoms with E-state index in [4.69, 9.17) is 90.7 Å². The summed E-state index contributed by atoms with van der Waals surface area (Å²) in [7, 11) is 0. The fourth-order valence-corrected chi connectivity index (χ4v) is 14.1. The van der Waals surface area contributed by atoms with Crippen LogP contribution in [0.15, 0.2) is 302 Å². The van der Waals surface area contributed by atoms with Crippen molar-refractivity contribution in [3.05, 3.63) is 409 Å². The van der Waals surface area contributed by atoms with E-state index in [0.717, 1.165) is 47.2 Å². The summed E-state index contributed by atoms with van der Waals surface area (Å²) in [5, 5.41) is 3.04. The minimum atomic E-state index is -0.133. The highest BCUT2D eigenvalue weighted by Gasteiger charge is 2.21. The molecule has 12 aromatic carbocycles. The second-order valence-corrected chi connectivity index (χ2v) is 32.5. The number of benzene rings is 12. The molecule has 12 aromatic rings. The lowest BCUT2D eigenvalue weighted by Gasteiger charge is -2.07. The molecule has 0 saturated heterocycles. The molecule has 22 heteroatoms. The van der Waals surface area contributed by atoms with Gasteiger partial charge in [-0.25, -0.2) is 0 Å². The second-order valence-electron chi connectivity index (χ2n) is 28.7. The molecule has 0 unspecified atom stereocenters. The number of carbonyl (C=O) groups excluding carboxylic acids is 12. The highest BCUT2D eigenvalue weighted by Crippen LogP contribution is 2.27. The van der Waals surface area contributed by atoms with E-state index in [9.17, 15) is 57.5 Å². The van der Waals surface area contributed by atoms with Crippen LogP contribution in [-0.4, -0.2) is 82.6 Å². The van der Waals surface area contributed by atoms with E-state index in [1.165, 1.54) is 0 Å². The van der Waals surface area contributed by atoms with E-state index in [1.807, 2.05) is 50.2 Å². The molecule has 0 saturated carbocycles. The van der Waals surface area contributed by atoms with E-state index < -0.39 is 0 Å². The van der Waals surface area contributed by atoms with Crippen molar-refractivity contribution < 1.29 is 67.0 Å². The van der Waals surface area contributed by atoms with Gasteiger partial charge in [0, 0.05) is 153 Å². The molecule has 0 amide bonds. The third kappa shape index (κ3) is 36.2. The Bertz CT molecular complexity index is 5600. The minimum Gasteiger partial charge on any atom is -0.494 e. The summed E-state index contributed by atoms with van der Waals surface area (Å²) < 4.78 is 12.0. The molecule has 0 radical (unpaired) electrons. The Labute approximate surface area is 784 Å². The number of carbonyl (C=O) groups is 12. The maximum atomic E-state index is 12.2. The lowest BCUT2D eigenvalue weighted by atomic mass is 10.0. The molecule has 0 aliphatic rings. The molecule has 654 valence electrons. The molecular formula is C105H94BrCl7O14. The second kappa shape index (κ2) is 56.1. The summed E-state index contributed by atoms with van der Waals surface area (Å²) in [6.45, 7) is 7.49. The molecule has 0 bridgehead atoms. The van der Waals surface area contributed by atoms with Crippen LogP contribution in [0, 0.1) is 6.92 Å². The van der Waals surface area contributed by atoms with E-state index in [-0.39, 0.29) is 146 Å². The predicted molar refractivity (Wildman–Crippen MR) is 513 cm³/mol. The first-order chi connectivity index (χ1) is 61.1. The van der Waals surface area contributed by atoms with Gasteiger partial charge in [-0.15, -0.1) is 0 Å². The van der Waals surface area contributed by atoms with Gasteiger partial charge in [-0.2, -0.15) is 0 Å². The molecule has 0 aliphatic carbocycles.